The highest BCUT2D eigenvalue weighted by Gasteiger charge is 2.25. The van der Waals surface area contributed by atoms with Crippen molar-refractivity contribution < 1.29 is 13.2 Å². The second kappa shape index (κ2) is 8.32. The van der Waals surface area contributed by atoms with Crippen molar-refractivity contribution in [3.8, 4) is 22.3 Å². The van der Waals surface area contributed by atoms with Gasteiger partial charge in [-0.1, -0.05) is 48.5 Å². The number of H-pyrrole nitrogens is 1. The first-order valence-corrected chi connectivity index (χ1v) is 9.81. The van der Waals surface area contributed by atoms with Crippen LogP contribution < -0.4 is 5.32 Å². The second-order valence-electron chi connectivity index (χ2n) is 7.37. The summed E-state index contributed by atoms with van der Waals surface area (Å²) in [6.07, 6.45) is -4.95. The van der Waals surface area contributed by atoms with E-state index in [1.807, 2.05) is 37.3 Å². The van der Waals surface area contributed by atoms with Crippen LogP contribution in [-0.4, -0.2) is 22.7 Å². The van der Waals surface area contributed by atoms with E-state index in [2.05, 4.69) is 51.7 Å². The first kappa shape index (κ1) is 20.2. The van der Waals surface area contributed by atoms with Crippen molar-refractivity contribution in [1.82, 2.24) is 15.3 Å². The lowest BCUT2D eigenvalue weighted by Gasteiger charge is -2.10. The summed E-state index contributed by atoms with van der Waals surface area (Å²) in [6, 6.07) is 22.3. The molecule has 0 unspecified atom stereocenters. The predicted molar refractivity (Wildman–Crippen MR) is 114 cm³/mol. The zero-order valence-corrected chi connectivity index (χ0v) is 16.6. The molecule has 4 aromatic rings. The van der Waals surface area contributed by atoms with E-state index in [1.165, 1.54) is 0 Å². The minimum Gasteiger partial charge on any atom is -0.342 e. The molecule has 0 spiro atoms. The van der Waals surface area contributed by atoms with Crippen molar-refractivity contribution in [1.29, 1.82) is 0 Å². The number of halogens is 3. The number of nitrogens with zero attached hydrogens (tertiary/aromatic N) is 1. The van der Waals surface area contributed by atoms with Crippen molar-refractivity contribution in [2.75, 3.05) is 6.54 Å². The Hall–Kier alpha value is -3.12. The minimum absolute atomic E-state index is 0.0807. The van der Waals surface area contributed by atoms with Crippen molar-refractivity contribution in [3.05, 3.63) is 78.1 Å². The SMILES string of the molecule is Cc1nc2ccc(-c3ccc(-c4cccc(CNCCC(F)(F)F)c4)cc3)cc2[nH]1. The summed E-state index contributed by atoms with van der Waals surface area (Å²) in [4.78, 5) is 7.69. The van der Waals surface area contributed by atoms with E-state index in [9.17, 15) is 13.2 Å². The summed E-state index contributed by atoms with van der Waals surface area (Å²) in [7, 11) is 0. The summed E-state index contributed by atoms with van der Waals surface area (Å²) in [5.41, 5.74) is 7.25. The maximum Gasteiger partial charge on any atom is 0.390 e. The Balaban J connectivity index is 1.47. The fraction of sp³-hybridized carbons (Fsp3) is 0.208. The number of hydrogen-bond donors (Lipinski definition) is 2. The van der Waals surface area contributed by atoms with Gasteiger partial charge in [-0.2, -0.15) is 13.2 Å². The molecule has 1 heterocycles. The van der Waals surface area contributed by atoms with E-state index < -0.39 is 12.6 Å². The number of imidazole rings is 1. The van der Waals surface area contributed by atoms with E-state index in [1.54, 1.807) is 0 Å². The Morgan fingerprint density at radius 1 is 0.867 bits per heavy atom. The van der Waals surface area contributed by atoms with Gasteiger partial charge in [0, 0.05) is 13.1 Å². The molecule has 0 radical (unpaired) electrons. The first-order chi connectivity index (χ1) is 14.4. The molecule has 30 heavy (non-hydrogen) atoms. The standard InChI is InChI=1S/C24H22F3N3/c1-16-29-22-10-9-21(14-23(22)30-16)19-7-5-18(6-8-19)20-4-2-3-17(13-20)15-28-12-11-24(25,26)27/h2-10,13-14,28H,11-12,15H2,1H3,(H,29,30). The summed E-state index contributed by atoms with van der Waals surface area (Å²) in [5.74, 6) is 0.894. The highest BCUT2D eigenvalue weighted by molar-refractivity contribution is 5.82. The van der Waals surface area contributed by atoms with Crippen LogP contribution in [0.25, 0.3) is 33.3 Å². The van der Waals surface area contributed by atoms with Gasteiger partial charge < -0.3 is 10.3 Å². The van der Waals surface area contributed by atoms with Crippen molar-refractivity contribution in [2.24, 2.45) is 0 Å². The summed E-state index contributed by atoms with van der Waals surface area (Å²) in [6.45, 7) is 2.27. The fourth-order valence-corrected chi connectivity index (χ4v) is 3.50. The summed E-state index contributed by atoms with van der Waals surface area (Å²) >= 11 is 0. The van der Waals surface area contributed by atoms with Crippen molar-refractivity contribution >= 4 is 11.0 Å². The molecule has 0 amide bonds. The highest BCUT2D eigenvalue weighted by atomic mass is 19.4. The minimum atomic E-state index is -4.13. The number of alkyl halides is 3. The van der Waals surface area contributed by atoms with Gasteiger partial charge in [-0.15, -0.1) is 0 Å². The molecule has 0 saturated heterocycles. The maximum atomic E-state index is 12.3. The largest absolute Gasteiger partial charge is 0.390 e. The van der Waals surface area contributed by atoms with Gasteiger partial charge >= 0.3 is 6.18 Å². The highest BCUT2D eigenvalue weighted by Crippen LogP contribution is 2.27. The topological polar surface area (TPSA) is 40.7 Å². The lowest BCUT2D eigenvalue weighted by atomic mass is 9.99. The number of fused-ring (bicyclic) bond motifs is 1. The second-order valence-corrected chi connectivity index (χ2v) is 7.37. The van der Waals surface area contributed by atoms with Gasteiger partial charge in [-0.05, 0) is 52.9 Å². The van der Waals surface area contributed by atoms with Gasteiger partial charge in [0.15, 0.2) is 0 Å². The average molecular weight is 409 g/mol. The van der Waals surface area contributed by atoms with Gasteiger partial charge in [0.2, 0.25) is 0 Å². The molecule has 6 heteroatoms. The number of benzene rings is 3. The van der Waals surface area contributed by atoms with Crippen LogP contribution in [0.1, 0.15) is 17.8 Å². The Morgan fingerprint density at radius 2 is 1.53 bits per heavy atom. The molecular formula is C24H22F3N3. The molecular weight excluding hydrogens is 387 g/mol. The third kappa shape index (κ3) is 4.89. The van der Waals surface area contributed by atoms with Crippen LogP contribution in [0.15, 0.2) is 66.7 Å². The van der Waals surface area contributed by atoms with Gasteiger partial charge in [0.05, 0.1) is 17.5 Å². The smallest absolute Gasteiger partial charge is 0.342 e. The lowest BCUT2D eigenvalue weighted by molar-refractivity contribution is -0.133. The molecule has 0 aliphatic rings. The molecule has 0 saturated carbocycles. The normalized spacial score (nSPS) is 11.9. The van der Waals surface area contributed by atoms with Gasteiger partial charge in [-0.25, -0.2) is 4.98 Å². The fourth-order valence-electron chi connectivity index (χ4n) is 3.50. The number of aromatic nitrogens is 2. The average Bonchev–Trinajstić information content (AvgIpc) is 3.10. The molecule has 1 aromatic heterocycles. The monoisotopic (exact) mass is 409 g/mol. The molecule has 154 valence electrons. The number of aryl methyl sites for hydroxylation is 1. The quantitative estimate of drug-likeness (QED) is 0.370. The van der Waals surface area contributed by atoms with Crippen LogP contribution >= 0.6 is 0 Å². The molecule has 0 aliphatic carbocycles. The Labute approximate surface area is 173 Å². The number of rotatable bonds is 6. The van der Waals surface area contributed by atoms with Crippen molar-refractivity contribution in [2.45, 2.75) is 26.1 Å². The molecule has 4 rings (SSSR count). The van der Waals surface area contributed by atoms with Crippen LogP contribution in [0.3, 0.4) is 0 Å². The zero-order chi connectivity index (χ0) is 21.1. The maximum absolute atomic E-state index is 12.3. The van der Waals surface area contributed by atoms with E-state index in [4.69, 9.17) is 0 Å². The van der Waals surface area contributed by atoms with Crippen molar-refractivity contribution in [3.63, 3.8) is 0 Å². The van der Waals surface area contributed by atoms with Crippen LogP contribution in [0.2, 0.25) is 0 Å². The molecule has 3 aromatic carbocycles. The first-order valence-electron chi connectivity index (χ1n) is 9.81. The van der Waals surface area contributed by atoms with Gasteiger partial charge in [0.25, 0.3) is 0 Å². The third-order valence-electron chi connectivity index (χ3n) is 4.99. The number of hydrogen-bond acceptors (Lipinski definition) is 2. The van der Waals surface area contributed by atoms with Crippen LogP contribution in [0.4, 0.5) is 13.2 Å². The summed E-state index contributed by atoms with van der Waals surface area (Å²) in [5, 5.41) is 2.86. The summed E-state index contributed by atoms with van der Waals surface area (Å²) < 4.78 is 36.8. The zero-order valence-electron chi connectivity index (χ0n) is 16.6. The van der Waals surface area contributed by atoms with Gasteiger partial charge in [-0.3, -0.25) is 0 Å². The predicted octanol–water partition coefficient (Wildman–Crippen LogP) is 6.25. The van der Waals surface area contributed by atoms with Crippen LogP contribution in [0, 0.1) is 6.92 Å². The van der Waals surface area contributed by atoms with E-state index in [0.717, 1.165) is 44.7 Å². The molecule has 0 aliphatic heterocycles. The van der Waals surface area contributed by atoms with Crippen LogP contribution in [-0.2, 0) is 6.54 Å². The molecule has 3 nitrogen and oxygen atoms in total. The molecule has 2 N–H and O–H groups in total. The lowest BCUT2D eigenvalue weighted by Crippen LogP contribution is -2.21. The van der Waals surface area contributed by atoms with E-state index in [0.29, 0.717) is 6.54 Å². The number of aromatic amines is 1. The Morgan fingerprint density at radius 3 is 2.23 bits per heavy atom. The third-order valence-corrected chi connectivity index (χ3v) is 4.99. The van der Waals surface area contributed by atoms with Gasteiger partial charge in [0.1, 0.15) is 5.82 Å². The Kier molecular flexibility index (Phi) is 5.59. The molecule has 0 bridgehead atoms. The Bertz CT molecular complexity index is 1140. The van der Waals surface area contributed by atoms with E-state index in [-0.39, 0.29) is 6.54 Å². The number of nitrogens with one attached hydrogen (secondary N) is 2. The van der Waals surface area contributed by atoms with Crippen LogP contribution in [0.5, 0.6) is 0 Å². The van der Waals surface area contributed by atoms with E-state index >= 15 is 0 Å². The molecule has 0 atom stereocenters. The molecule has 0 fully saturated rings.